The minimum Gasteiger partial charge on any atom is -0.350 e. The van der Waals surface area contributed by atoms with Crippen molar-refractivity contribution in [1.29, 1.82) is 0 Å². The molecule has 1 fully saturated rings. The summed E-state index contributed by atoms with van der Waals surface area (Å²) in [7, 11) is 1.95. The van der Waals surface area contributed by atoms with Crippen LogP contribution in [0.5, 0.6) is 0 Å². The molecule has 1 amide bonds. The van der Waals surface area contributed by atoms with Gasteiger partial charge in [-0.15, -0.1) is 0 Å². The molecule has 1 saturated heterocycles. The number of amides is 1. The zero-order valence-electron chi connectivity index (χ0n) is 13.6. The van der Waals surface area contributed by atoms with E-state index in [1.807, 2.05) is 23.7 Å². The number of nitrogens with zero attached hydrogens (tertiary/aromatic N) is 4. The van der Waals surface area contributed by atoms with Gasteiger partial charge in [-0.2, -0.15) is 0 Å². The van der Waals surface area contributed by atoms with Gasteiger partial charge in [0.05, 0.1) is 6.54 Å². The molecule has 24 heavy (non-hydrogen) atoms. The minimum absolute atomic E-state index is 0.228. The van der Waals surface area contributed by atoms with Crippen LogP contribution >= 0.6 is 0 Å². The van der Waals surface area contributed by atoms with Crippen LogP contribution in [0.2, 0.25) is 0 Å². The number of halogens is 2. The monoisotopic (exact) mass is 337 g/mol. The van der Waals surface area contributed by atoms with Gasteiger partial charge in [0.25, 0.3) is 6.43 Å². The first-order valence-corrected chi connectivity index (χ1v) is 8.12. The first-order chi connectivity index (χ1) is 11.5. The maximum atomic E-state index is 12.1. The molecule has 0 atom stereocenters. The Hall–Kier alpha value is -2.25. The number of aromatic nitrogens is 3. The fourth-order valence-electron chi connectivity index (χ4n) is 3.16. The maximum absolute atomic E-state index is 12.1. The van der Waals surface area contributed by atoms with Crippen molar-refractivity contribution in [1.82, 2.24) is 19.9 Å². The molecule has 0 radical (unpaired) electrons. The topological polar surface area (TPSA) is 63.1 Å². The van der Waals surface area contributed by atoms with Crippen LogP contribution in [-0.2, 0) is 11.8 Å². The number of imidazole rings is 1. The van der Waals surface area contributed by atoms with E-state index >= 15 is 0 Å². The van der Waals surface area contributed by atoms with E-state index in [0.29, 0.717) is 6.42 Å². The highest BCUT2D eigenvalue weighted by atomic mass is 19.3. The van der Waals surface area contributed by atoms with E-state index in [1.54, 1.807) is 6.20 Å². The number of anilines is 1. The first-order valence-electron chi connectivity index (χ1n) is 8.12. The highest BCUT2D eigenvalue weighted by Crippen LogP contribution is 2.26. The van der Waals surface area contributed by atoms with Crippen molar-refractivity contribution < 1.29 is 13.6 Å². The number of rotatable bonds is 5. The summed E-state index contributed by atoms with van der Waals surface area (Å²) in [6, 6.07) is 3.80. The Balaban J connectivity index is 1.56. The van der Waals surface area contributed by atoms with Crippen LogP contribution in [0.1, 0.15) is 19.3 Å². The third kappa shape index (κ3) is 3.63. The van der Waals surface area contributed by atoms with E-state index in [-0.39, 0.29) is 11.8 Å². The van der Waals surface area contributed by atoms with E-state index < -0.39 is 13.0 Å². The number of hydrogen-bond donors (Lipinski definition) is 1. The normalized spacial score (nSPS) is 16.1. The summed E-state index contributed by atoms with van der Waals surface area (Å²) in [6.45, 7) is 1.03. The Morgan fingerprint density at radius 2 is 2.17 bits per heavy atom. The molecule has 0 bridgehead atoms. The second-order valence-corrected chi connectivity index (χ2v) is 6.15. The van der Waals surface area contributed by atoms with E-state index in [2.05, 4.69) is 20.2 Å². The van der Waals surface area contributed by atoms with Gasteiger partial charge < -0.3 is 10.2 Å². The zero-order chi connectivity index (χ0) is 17.1. The Labute approximate surface area is 138 Å². The van der Waals surface area contributed by atoms with E-state index in [9.17, 15) is 13.6 Å². The molecule has 1 aliphatic rings. The maximum Gasteiger partial charge on any atom is 0.255 e. The second-order valence-electron chi connectivity index (χ2n) is 6.15. The summed E-state index contributed by atoms with van der Waals surface area (Å²) in [5.41, 5.74) is 1.71. The number of aryl methyl sites for hydroxylation is 1. The second kappa shape index (κ2) is 7.11. The van der Waals surface area contributed by atoms with Crippen LogP contribution < -0.4 is 10.2 Å². The smallest absolute Gasteiger partial charge is 0.255 e. The van der Waals surface area contributed by atoms with Crippen molar-refractivity contribution in [3.8, 4) is 0 Å². The summed E-state index contributed by atoms with van der Waals surface area (Å²) in [4.78, 5) is 22.8. The lowest BCUT2D eigenvalue weighted by molar-refractivity contribution is -0.122. The van der Waals surface area contributed by atoms with Crippen molar-refractivity contribution in [2.45, 2.75) is 25.7 Å². The molecule has 0 spiro atoms. The number of alkyl halides is 2. The number of hydrogen-bond acceptors (Lipinski definition) is 4. The average Bonchev–Trinajstić information content (AvgIpc) is 2.91. The van der Waals surface area contributed by atoms with Crippen LogP contribution in [0.3, 0.4) is 0 Å². The van der Waals surface area contributed by atoms with Crippen molar-refractivity contribution in [3.05, 3.63) is 18.3 Å². The van der Waals surface area contributed by atoms with Gasteiger partial charge in [0.15, 0.2) is 5.65 Å². The fraction of sp³-hybridized carbons (Fsp3) is 0.562. The fourth-order valence-corrected chi connectivity index (χ4v) is 3.16. The quantitative estimate of drug-likeness (QED) is 0.906. The van der Waals surface area contributed by atoms with Crippen LogP contribution in [0.25, 0.3) is 11.2 Å². The highest BCUT2D eigenvalue weighted by Gasteiger charge is 2.24. The molecular formula is C16H21F2N5O. The zero-order valence-corrected chi connectivity index (χ0v) is 13.6. The predicted molar refractivity (Wildman–Crippen MR) is 87.1 cm³/mol. The summed E-state index contributed by atoms with van der Waals surface area (Å²) in [6.07, 6.45) is 1.25. The van der Waals surface area contributed by atoms with Gasteiger partial charge in [-0.05, 0) is 30.9 Å². The van der Waals surface area contributed by atoms with Crippen LogP contribution in [0.4, 0.5) is 14.7 Å². The van der Waals surface area contributed by atoms with Gasteiger partial charge in [-0.25, -0.2) is 18.7 Å². The molecule has 3 rings (SSSR count). The highest BCUT2D eigenvalue weighted by molar-refractivity contribution is 5.76. The number of carbonyl (C=O) groups excluding carboxylic acids is 1. The largest absolute Gasteiger partial charge is 0.350 e. The molecule has 1 aliphatic heterocycles. The lowest BCUT2D eigenvalue weighted by Gasteiger charge is -2.32. The first kappa shape index (κ1) is 16.6. The number of fused-ring (bicyclic) bond motifs is 1. The summed E-state index contributed by atoms with van der Waals surface area (Å²) >= 11 is 0. The number of piperidine rings is 1. The van der Waals surface area contributed by atoms with E-state index in [0.717, 1.165) is 43.0 Å². The molecule has 0 aromatic carbocycles. The van der Waals surface area contributed by atoms with Crippen molar-refractivity contribution >= 4 is 23.0 Å². The summed E-state index contributed by atoms with van der Waals surface area (Å²) in [5.74, 6) is 0.816. The van der Waals surface area contributed by atoms with E-state index in [1.165, 1.54) is 0 Å². The third-order valence-corrected chi connectivity index (χ3v) is 4.43. The van der Waals surface area contributed by atoms with Crippen LogP contribution in [-0.4, -0.2) is 46.5 Å². The van der Waals surface area contributed by atoms with Crippen molar-refractivity contribution in [2.24, 2.45) is 13.0 Å². The molecule has 0 saturated carbocycles. The average molecular weight is 337 g/mol. The Kier molecular flexibility index (Phi) is 4.92. The number of carbonyl (C=O) groups is 1. The lowest BCUT2D eigenvalue weighted by atomic mass is 9.93. The molecule has 130 valence electrons. The number of nitrogens with one attached hydrogen (secondary N) is 1. The van der Waals surface area contributed by atoms with Crippen LogP contribution in [0.15, 0.2) is 18.3 Å². The molecule has 2 aromatic rings. The van der Waals surface area contributed by atoms with Gasteiger partial charge in [0, 0.05) is 32.8 Å². The third-order valence-electron chi connectivity index (χ3n) is 4.43. The van der Waals surface area contributed by atoms with Gasteiger partial charge in [-0.3, -0.25) is 9.36 Å². The molecule has 0 unspecified atom stereocenters. The van der Waals surface area contributed by atoms with Crippen LogP contribution in [0, 0.1) is 5.92 Å². The van der Waals surface area contributed by atoms with Crippen molar-refractivity contribution in [3.63, 3.8) is 0 Å². The number of pyridine rings is 1. The Morgan fingerprint density at radius 1 is 1.42 bits per heavy atom. The molecule has 2 aromatic heterocycles. The lowest BCUT2D eigenvalue weighted by Crippen LogP contribution is -2.37. The molecule has 1 N–H and O–H groups in total. The predicted octanol–water partition coefficient (Wildman–Crippen LogP) is 1.96. The van der Waals surface area contributed by atoms with Gasteiger partial charge in [-0.1, -0.05) is 0 Å². The van der Waals surface area contributed by atoms with Gasteiger partial charge >= 0.3 is 0 Å². The minimum atomic E-state index is -2.50. The molecular weight excluding hydrogens is 316 g/mol. The standard InChI is InChI=1S/C16H21F2N5O/c1-22-15-12(3-2-6-19-15)21-16(22)23-7-4-11(5-8-23)9-14(24)20-10-13(17)18/h2-3,6,11,13H,4-5,7-10H2,1H3,(H,20,24). The Morgan fingerprint density at radius 3 is 2.83 bits per heavy atom. The van der Waals surface area contributed by atoms with Gasteiger partial charge in [0.2, 0.25) is 11.9 Å². The Bertz CT molecular complexity index is 710. The molecule has 6 nitrogen and oxygen atoms in total. The SMILES string of the molecule is Cn1c(N2CCC(CC(=O)NCC(F)F)CC2)nc2cccnc21. The molecule has 0 aliphatic carbocycles. The summed E-state index contributed by atoms with van der Waals surface area (Å²) < 4.78 is 26.2. The molecule has 8 heteroatoms. The summed E-state index contributed by atoms with van der Waals surface area (Å²) in [5, 5.41) is 2.27. The van der Waals surface area contributed by atoms with E-state index in [4.69, 9.17) is 0 Å². The van der Waals surface area contributed by atoms with Crippen molar-refractivity contribution in [2.75, 3.05) is 24.5 Å². The molecule has 3 heterocycles. The van der Waals surface area contributed by atoms with Gasteiger partial charge in [0.1, 0.15) is 5.52 Å².